The lowest BCUT2D eigenvalue weighted by atomic mass is 10.1. The van der Waals surface area contributed by atoms with Crippen molar-refractivity contribution in [2.75, 3.05) is 0 Å². The van der Waals surface area contributed by atoms with Crippen molar-refractivity contribution in [1.82, 2.24) is 5.43 Å². The second kappa shape index (κ2) is 4.81. The third-order valence-corrected chi connectivity index (χ3v) is 3.53. The Bertz CT molecular complexity index is 755. The largest absolute Gasteiger partial charge is 0.466 e. The third-order valence-electron chi connectivity index (χ3n) is 3.53. The number of hydrogen-bond donors (Lipinski definition) is 2. The molecule has 0 aliphatic carbocycles. The first-order valence-corrected chi connectivity index (χ1v) is 6.61. The number of aryl methyl sites for hydroxylation is 3. The number of hydrogen-bond acceptors (Lipinski definition) is 4. The molecule has 0 spiro atoms. The molecular weight excluding hydrogens is 252 g/mol. The van der Waals surface area contributed by atoms with Gasteiger partial charge in [0.2, 0.25) is 0 Å². The van der Waals surface area contributed by atoms with E-state index in [0.717, 1.165) is 33.8 Å². The van der Waals surface area contributed by atoms with E-state index in [9.17, 15) is 0 Å². The second-order valence-corrected chi connectivity index (χ2v) is 5.16. The van der Waals surface area contributed by atoms with Crippen LogP contribution in [0.4, 0.5) is 0 Å². The zero-order valence-corrected chi connectivity index (χ0v) is 11.9. The highest BCUT2D eigenvalue weighted by Gasteiger charge is 2.21. The van der Waals surface area contributed by atoms with Crippen LogP contribution in [-0.2, 0) is 0 Å². The minimum absolute atomic E-state index is 0.208. The molecule has 0 radical (unpaired) electrons. The highest BCUT2D eigenvalue weighted by molar-refractivity contribution is 5.79. The Kier molecular flexibility index (Phi) is 3.12. The van der Waals surface area contributed by atoms with Crippen molar-refractivity contribution < 1.29 is 8.83 Å². The van der Waals surface area contributed by atoms with Gasteiger partial charge >= 0.3 is 0 Å². The van der Waals surface area contributed by atoms with Gasteiger partial charge in [-0.05, 0) is 45.0 Å². The van der Waals surface area contributed by atoms with Gasteiger partial charge in [0.1, 0.15) is 28.9 Å². The maximum Gasteiger partial charge on any atom is 0.134 e. The number of rotatable bonds is 3. The second-order valence-electron chi connectivity index (χ2n) is 5.16. The number of hydrazine groups is 1. The average molecular weight is 270 g/mol. The Morgan fingerprint density at radius 1 is 1.05 bits per heavy atom. The first kappa shape index (κ1) is 13.0. The summed E-state index contributed by atoms with van der Waals surface area (Å²) in [5.41, 5.74) is 5.88. The lowest BCUT2D eigenvalue weighted by Crippen LogP contribution is -2.28. The van der Waals surface area contributed by atoms with Crippen LogP contribution in [0.5, 0.6) is 0 Å². The molecule has 3 N–H and O–H groups in total. The van der Waals surface area contributed by atoms with Crippen molar-refractivity contribution in [2.24, 2.45) is 5.84 Å². The normalized spacial score (nSPS) is 13.0. The molecule has 0 saturated heterocycles. The lowest BCUT2D eigenvalue weighted by Gasteiger charge is -2.11. The van der Waals surface area contributed by atoms with E-state index >= 15 is 0 Å². The fourth-order valence-corrected chi connectivity index (χ4v) is 2.59. The van der Waals surface area contributed by atoms with Crippen molar-refractivity contribution in [3.63, 3.8) is 0 Å². The van der Waals surface area contributed by atoms with Crippen molar-refractivity contribution in [1.29, 1.82) is 0 Å². The van der Waals surface area contributed by atoms with Crippen molar-refractivity contribution in [3.8, 4) is 0 Å². The van der Waals surface area contributed by atoms with Crippen LogP contribution < -0.4 is 11.3 Å². The Morgan fingerprint density at radius 2 is 1.85 bits per heavy atom. The first-order chi connectivity index (χ1) is 9.58. The summed E-state index contributed by atoms with van der Waals surface area (Å²) < 4.78 is 11.5. The fraction of sp³-hybridized carbons (Fsp3) is 0.250. The molecule has 0 amide bonds. The average Bonchev–Trinajstić information content (AvgIpc) is 2.94. The van der Waals surface area contributed by atoms with E-state index in [1.807, 2.05) is 38.1 Å². The molecular formula is C16H18N2O2. The predicted octanol–water partition coefficient (Wildman–Crippen LogP) is 3.50. The maximum absolute atomic E-state index is 5.91. The number of fused-ring (bicyclic) bond motifs is 1. The van der Waals surface area contributed by atoms with Crippen LogP contribution in [0.3, 0.4) is 0 Å². The highest BCUT2D eigenvalue weighted by Crippen LogP contribution is 2.31. The van der Waals surface area contributed by atoms with Crippen molar-refractivity contribution in [2.45, 2.75) is 26.8 Å². The van der Waals surface area contributed by atoms with Crippen LogP contribution in [0, 0.1) is 20.8 Å². The molecule has 3 aromatic rings. The summed E-state index contributed by atoms with van der Waals surface area (Å²) in [7, 11) is 0. The molecule has 4 heteroatoms. The standard InChI is InChI=1S/C16H18N2O2/c1-9-4-5-14-12(6-9)8-15(20-14)16(18-17)13-7-10(2)19-11(13)3/h4-8,16,18H,17H2,1-3H3. The summed E-state index contributed by atoms with van der Waals surface area (Å²) in [6, 6.07) is 9.92. The minimum atomic E-state index is -0.208. The maximum atomic E-state index is 5.91. The molecule has 3 rings (SSSR count). The number of nitrogens with two attached hydrogens (primary N) is 1. The van der Waals surface area contributed by atoms with Gasteiger partial charge in [-0.2, -0.15) is 0 Å². The van der Waals surface area contributed by atoms with Crippen LogP contribution in [-0.4, -0.2) is 0 Å². The first-order valence-electron chi connectivity index (χ1n) is 6.61. The molecule has 0 saturated carbocycles. The Balaban J connectivity index is 2.09. The highest BCUT2D eigenvalue weighted by atomic mass is 16.3. The van der Waals surface area contributed by atoms with Gasteiger partial charge in [-0.3, -0.25) is 5.84 Å². The number of furan rings is 2. The molecule has 4 nitrogen and oxygen atoms in total. The topological polar surface area (TPSA) is 64.3 Å². The smallest absolute Gasteiger partial charge is 0.134 e. The molecule has 1 aromatic carbocycles. The van der Waals surface area contributed by atoms with E-state index in [1.54, 1.807) is 0 Å². The summed E-state index contributed by atoms with van der Waals surface area (Å²) in [4.78, 5) is 0. The zero-order chi connectivity index (χ0) is 14.3. The number of benzene rings is 1. The molecule has 0 bridgehead atoms. The Labute approximate surface area is 117 Å². The van der Waals surface area contributed by atoms with Crippen molar-refractivity contribution in [3.05, 3.63) is 58.7 Å². The zero-order valence-electron chi connectivity index (χ0n) is 11.9. The molecule has 20 heavy (non-hydrogen) atoms. The monoisotopic (exact) mass is 270 g/mol. The van der Waals surface area contributed by atoms with Gasteiger partial charge in [-0.1, -0.05) is 11.6 Å². The molecule has 0 aliphatic rings. The summed E-state index contributed by atoms with van der Waals surface area (Å²) in [6.07, 6.45) is 0. The lowest BCUT2D eigenvalue weighted by molar-refractivity contribution is 0.461. The molecule has 0 aliphatic heterocycles. The molecule has 1 unspecified atom stereocenters. The predicted molar refractivity (Wildman–Crippen MR) is 78.3 cm³/mol. The van der Waals surface area contributed by atoms with Crippen LogP contribution >= 0.6 is 0 Å². The summed E-state index contributed by atoms with van der Waals surface area (Å²) in [5.74, 6) is 8.22. The SMILES string of the molecule is Cc1ccc2oc(C(NN)c3cc(C)oc3C)cc2c1. The van der Waals surface area contributed by atoms with E-state index in [1.165, 1.54) is 5.56 Å². The van der Waals surface area contributed by atoms with Crippen LogP contribution in [0.1, 0.15) is 34.4 Å². The van der Waals surface area contributed by atoms with Crippen LogP contribution in [0.15, 0.2) is 39.2 Å². The minimum Gasteiger partial charge on any atom is -0.466 e. The fourth-order valence-electron chi connectivity index (χ4n) is 2.59. The Hall–Kier alpha value is -2.04. The van der Waals surface area contributed by atoms with E-state index < -0.39 is 0 Å². The summed E-state index contributed by atoms with van der Waals surface area (Å²) in [6.45, 7) is 5.92. The Morgan fingerprint density at radius 3 is 2.50 bits per heavy atom. The molecule has 0 fully saturated rings. The van der Waals surface area contributed by atoms with Gasteiger partial charge in [0.15, 0.2) is 0 Å². The number of nitrogens with one attached hydrogen (secondary N) is 1. The van der Waals surface area contributed by atoms with Crippen LogP contribution in [0.25, 0.3) is 11.0 Å². The van der Waals surface area contributed by atoms with E-state index in [2.05, 4.69) is 18.4 Å². The summed E-state index contributed by atoms with van der Waals surface area (Å²) >= 11 is 0. The van der Waals surface area contributed by atoms with Gasteiger partial charge in [0.25, 0.3) is 0 Å². The molecule has 104 valence electrons. The van der Waals surface area contributed by atoms with Crippen LogP contribution in [0.2, 0.25) is 0 Å². The third kappa shape index (κ3) is 2.13. The van der Waals surface area contributed by atoms with Gasteiger partial charge in [-0.25, -0.2) is 5.43 Å². The van der Waals surface area contributed by atoms with E-state index in [4.69, 9.17) is 14.7 Å². The summed E-state index contributed by atoms with van der Waals surface area (Å²) in [5, 5.41) is 1.08. The molecule has 2 aromatic heterocycles. The van der Waals surface area contributed by atoms with Gasteiger partial charge in [0, 0.05) is 10.9 Å². The van der Waals surface area contributed by atoms with Gasteiger partial charge < -0.3 is 8.83 Å². The van der Waals surface area contributed by atoms with Gasteiger partial charge in [-0.15, -0.1) is 0 Å². The van der Waals surface area contributed by atoms with Crippen molar-refractivity contribution >= 4 is 11.0 Å². The van der Waals surface area contributed by atoms with Gasteiger partial charge in [0.05, 0.1) is 0 Å². The quantitative estimate of drug-likeness (QED) is 0.564. The molecule has 2 heterocycles. The van der Waals surface area contributed by atoms with E-state index in [-0.39, 0.29) is 6.04 Å². The molecule has 1 atom stereocenters. The van der Waals surface area contributed by atoms with E-state index in [0.29, 0.717) is 0 Å².